The van der Waals surface area contributed by atoms with Crippen molar-refractivity contribution in [3.63, 3.8) is 0 Å². The van der Waals surface area contributed by atoms with Crippen molar-refractivity contribution in [3.8, 4) is 0 Å². The molecule has 1 aromatic carbocycles. The number of esters is 3. The van der Waals surface area contributed by atoms with Gasteiger partial charge >= 0.3 is 17.9 Å². The second-order valence-corrected chi connectivity index (χ2v) is 4.15. The molecule has 0 heterocycles. The Kier molecular flexibility index (Phi) is 6.41. The minimum Gasteiger partial charge on any atom is -0.466 e. The van der Waals surface area contributed by atoms with Gasteiger partial charge in [-0.15, -0.1) is 0 Å². The Labute approximate surface area is 136 Å². The summed E-state index contributed by atoms with van der Waals surface area (Å²) in [5.74, 6) is -2.80. The largest absolute Gasteiger partial charge is 0.466 e. The van der Waals surface area contributed by atoms with Crippen molar-refractivity contribution in [2.45, 2.75) is 0 Å². The molecule has 0 amide bonds. The molecule has 1 aromatic rings. The summed E-state index contributed by atoms with van der Waals surface area (Å²) in [5, 5.41) is 13.5. The van der Waals surface area contributed by atoms with Crippen LogP contribution in [0.5, 0.6) is 0 Å². The molecule has 0 aliphatic carbocycles. The summed E-state index contributed by atoms with van der Waals surface area (Å²) in [6.07, 6.45) is 0.783. The summed E-state index contributed by atoms with van der Waals surface area (Å²) in [4.78, 5) is 45.2. The van der Waals surface area contributed by atoms with Crippen LogP contribution in [-0.4, -0.2) is 44.2 Å². The number of methoxy groups -OCH3 is 3. The Balaban J connectivity index is 3.44. The predicted molar refractivity (Wildman–Crippen MR) is 80.2 cm³/mol. The SMILES string of the molecule is COC(=O)/C=C(/Nc1cccc([N+](=O)[O-])c1C(=O)OC)C(=O)OC. The highest BCUT2D eigenvalue weighted by atomic mass is 16.6. The Bertz CT molecular complexity index is 711. The molecule has 0 aromatic heterocycles. The van der Waals surface area contributed by atoms with Gasteiger partial charge in [0.25, 0.3) is 5.69 Å². The molecule has 10 heteroatoms. The van der Waals surface area contributed by atoms with Gasteiger partial charge in [0.05, 0.1) is 38.0 Å². The van der Waals surface area contributed by atoms with Gasteiger partial charge < -0.3 is 19.5 Å². The van der Waals surface area contributed by atoms with Gasteiger partial charge in [0.2, 0.25) is 0 Å². The number of nitro groups is 1. The Hall–Kier alpha value is -3.43. The van der Waals surface area contributed by atoms with Crippen molar-refractivity contribution in [1.29, 1.82) is 0 Å². The van der Waals surface area contributed by atoms with Crippen LogP contribution in [0.3, 0.4) is 0 Å². The molecule has 24 heavy (non-hydrogen) atoms. The van der Waals surface area contributed by atoms with E-state index >= 15 is 0 Å². The maximum Gasteiger partial charge on any atom is 0.354 e. The van der Waals surface area contributed by atoms with E-state index in [1.807, 2.05) is 0 Å². The second kappa shape index (κ2) is 8.27. The topological polar surface area (TPSA) is 134 Å². The smallest absolute Gasteiger partial charge is 0.354 e. The minimum absolute atomic E-state index is 0.114. The van der Waals surface area contributed by atoms with Crippen LogP contribution in [0.25, 0.3) is 0 Å². The van der Waals surface area contributed by atoms with E-state index in [2.05, 4.69) is 19.5 Å². The van der Waals surface area contributed by atoms with Gasteiger partial charge in [0.1, 0.15) is 5.70 Å². The van der Waals surface area contributed by atoms with Crippen molar-refractivity contribution in [2.24, 2.45) is 0 Å². The predicted octanol–water partition coefficient (Wildman–Crippen LogP) is 1.02. The average Bonchev–Trinajstić information content (AvgIpc) is 2.59. The van der Waals surface area contributed by atoms with E-state index in [-0.39, 0.29) is 11.4 Å². The number of nitro benzene ring substituents is 1. The highest BCUT2D eigenvalue weighted by Crippen LogP contribution is 2.28. The molecule has 128 valence electrons. The van der Waals surface area contributed by atoms with Crippen molar-refractivity contribution in [2.75, 3.05) is 26.6 Å². The van der Waals surface area contributed by atoms with E-state index in [0.29, 0.717) is 0 Å². The monoisotopic (exact) mass is 338 g/mol. The molecule has 0 spiro atoms. The molecule has 1 rings (SSSR count). The highest BCUT2D eigenvalue weighted by molar-refractivity contribution is 6.03. The molecule has 10 nitrogen and oxygen atoms in total. The Morgan fingerprint density at radius 1 is 1.12 bits per heavy atom. The zero-order valence-electron chi connectivity index (χ0n) is 13.0. The molecule has 0 atom stereocenters. The number of nitrogens with one attached hydrogen (secondary N) is 1. The summed E-state index contributed by atoms with van der Waals surface area (Å²) in [5.41, 5.74) is -1.44. The maximum atomic E-state index is 11.9. The number of rotatable bonds is 6. The fourth-order valence-electron chi connectivity index (χ4n) is 1.69. The third-order valence-corrected chi connectivity index (χ3v) is 2.77. The van der Waals surface area contributed by atoms with Crippen molar-refractivity contribution in [1.82, 2.24) is 0 Å². The van der Waals surface area contributed by atoms with Crippen molar-refractivity contribution in [3.05, 3.63) is 45.6 Å². The Morgan fingerprint density at radius 2 is 1.79 bits per heavy atom. The van der Waals surface area contributed by atoms with Crippen LogP contribution in [0.1, 0.15) is 10.4 Å². The van der Waals surface area contributed by atoms with Crippen LogP contribution in [0.15, 0.2) is 30.0 Å². The lowest BCUT2D eigenvalue weighted by Crippen LogP contribution is -2.18. The van der Waals surface area contributed by atoms with E-state index < -0.39 is 34.1 Å². The third-order valence-electron chi connectivity index (χ3n) is 2.77. The summed E-state index contributed by atoms with van der Waals surface area (Å²) in [6, 6.07) is 3.69. The summed E-state index contributed by atoms with van der Waals surface area (Å²) in [6.45, 7) is 0. The van der Waals surface area contributed by atoms with Crippen LogP contribution < -0.4 is 5.32 Å². The van der Waals surface area contributed by atoms with E-state index in [1.165, 1.54) is 12.1 Å². The number of benzene rings is 1. The summed E-state index contributed by atoms with van der Waals surface area (Å²) in [7, 11) is 3.22. The molecule has 0 aliphatic heterocycles. The third kappa shape index (κ3) is 4.29. The Morgan fingerprint density at radius 3 is 2.29 bits per heavy atom. The van der Waals surface area contributed by atoms with Gasteiger partial charge in [-0.2, -0.15) is 0 Å². The van der Waals surface area contributed by atoms with Crippen LogP contribution in [0.4, 0.5) is 11.4 Å². The molecule has 0 radical (unpaired) electrons. The average molecular weight is 338 g/mol. The van der Waals surface area contributed by atoms with E-state index in [0.717, 1.165) is 33.5 Å². The standard InChI is InChI=1S/C14H14N2O8/c1-22-11(17)7-9(13(18)23-2)15-8-5-4-6-10(16(20)21)12(8)14(19)24-3/h4-7,15H,1-3H3/b9-7+. The molecular formula is C14H14N2O8. The number of hydrogen-bond donors (Lipinski definition) is 1. The summed E-state index contributed by atoms with van der Waals surface area (Å²) < 4.78 is 13.4. The number of nitrogens with zero attached hydrogens (tertiary/aromatic N) is 1. The van der Waals surface area contributed by atoms with E-state index in [9.17, 15) is 24.5 Å². The quantitative estimate of drug-likeness (QED) is 0.265. The molecule has 1 N–H and O–H groups in total. The molecule has 0 fully saturated rings. The number of carbonyl (C=O) groups is 3. The van der Waals surface area contributed by atoms with Crippen molar-refractivity contribution >= 4 is 29.3 Å². The van der Waals surface area contributed by atoms with Gasteiger partial charge in [-0.3, -0.25) is 10.1 Å². The van der Waals surface area contributed by atoms with Gasteiger partial charge in [-0.05, 0) is 6.07 Å². The first-order chi connectivity index (χ1) is 11.3. The first-order valence-corrected chi connectivity index (χ1v) is 6.36. The molecule has 0 saturated carbocycles. The van der Waals surface area contributed by atoms with Crippen molar-refractivity contribution < 1.29 is 33.5 Å². The molecular weight excluding hydrogens is 324 g/mol. The van der Waals surface area contributed by atoms with E-state index in [1.54, 1.807) is 0 Å². The lowest BCUT2D eigenvalue weighted by Gasteiger charge is -2.12. The van der Waals surface area contributed by atoms with E-state index in [4.69, 9.17) is 0 Å². The molecule has 0 saturated heterocycles. The van der Waals surface area contributed by atoms with Crippen LogP contribution in [0, 0.1) is 10.1 Å². The molecule has 0 bridgehead atoms. The molecule has 0 unspecified atom stereocenters. The first-order valence-electron chi connectivity index (χ1n) is 6.36. The lowest BCUT2D eigenvalue weighted by atomic mass is 10.1. The second-order valence-electron chi connectivity index (χ2n) is 4.15. The summed E-state index contributed by atoms with van der Waals surface area (Å²) >= 11 is 0. The zero-order valence-corrected chi connectivity index (χ0v) is 13.0. The number of ether oxygens (including phenoxy) is 3. The van der Waals surface area contributed by atoms with Gasteiger partial charge in [0.15, 0.2) is 5.56 Å². The van der Waals surface area contributed by atoms with Gasteiger partial charge in [-0.25, -0.2) is 14.4 Å². The van der Waals surface area contributed by atoms with Gasteiger partial charge in [0, 0.05) is 6.07 Å². The van der Waals surface area contributed by atoms with Crippen LogP contribution in [-0.2, 0) is 23.8 Å². The molecule has 0 aliphatic rings. The number of anilines is 1. The highest BCUT2D eigenvalue weighted by Gasteiger charge is 2.26. The first kappa shape index (κ1) is 18.6. The minimum atomic E-state index is -0.993. The number of hydrogen-bond acceptors (Lipinski definition) is 9. The fourth-order valence-corrected chi connectivity index (χ4v) is 1.69. The van der Waals surface area contributed by atoms with Crippen LogP contribution >= 0.6 is 0 Å². The number of carbonyl (C=O) groups excluding carboxylic acids is 3. The normalized spacial score (nSPS) is 10.5. The maximum absolute atomic E-state index is 11.9. The fraction of sp³-hybridized carbons (Fsp3) is 0.214. The zero-order chi connectivity index (χ0) is 18.3. The van der Waals surface area contributed by atoms with Gasteiger partial charge in [-0.1, -0.05) is 6.07 Å². The van der Waals surface area contributed by atoms with Crippen LogP contribution in [0.2, 0.25) is 0 Å². The lowest BCUT2D eigenvalue weighted by molar-refractivity contribution is -0.385.